The van der Waals surface area contributed by atoms with Gasteiger partial charge in [-0.3, -0.25) is 14.9 Å². The first-order valence-corrected chi connectivity index (χ1v) is 5.35. The highest BCUT2D eigenvalue weighted by molar-refractivity contribution is 5.94. The first kappa shape index (κ1) is 13.6. The molecule has 5 heteroatoms. The van der Waals surface area contributed by atoms with Crippen molar-refractivity contribution in [3.63, 3.8) is 0 Å². The molecule has 0 unspecified atom stereocenters. The summed E-state index contributed by atoms with van der Waals surface area (Å²) in [5.41, 5.74) is 0.370. The summed E-state index contributed by atoms with van der Waals surface area (Å²) < 4.78 is 0. The number of nitro groups is 1. The molecule has 1 amide bonds. The minimum absolute atomic E-state index is 0.0365. The van der Waals surface area contributed by atoms with Crippen LogP contribution in [0.15, 0.2) is 49.6 Å². The molecule has 0 spiro atoms. The Labute approximate surface area is 105 Å². The van der Waals surface area contributed by atoms with Crippen LogP contribution >= 0.6 is 0 Å². The minimum atomic E-state index is -0.500. The normalized spacial score (nSPS) is 9.56. The van der Waals surface area contributed by atoms with Gasteiger partial charge in [0.25, 0.3) is 11.6 Å². The van der Waals surface area contributed by atoms with Crippen LogP contribution in [0.4, 0.5) is 5.69 Å². The molecule has 0 aliphatic carbocycles. The molecular weight excluding hydrogens is 232 g/mol. The summed E-state index contributed by atoms with van der Waals surface area (Å²) in [5.74, 6) is -0.204. The van der Waals surface area contributed by atoms with E-state index in [2.05, 4.69) is 13.2 Å². The number of carbonyl (C=O) groups is 1. The molecule has 5 nitrogen and oxygen atoms in total. The second kappa shape index (κ2) is 6.34. The second-order valence-electron chi connectivity index (χ2n) is 3.59. The third-order valence-corrected chi connectivity index (χ3v) is 2.31. The highest BCUT2D eigenvalue weighted by Crippen LogP contribution is 2.13. The Kier molecular flexibility index (Phi) is 4.80. The first-order chi connectivity index (χ1) is 8.60. The van der Waals surface area contributed by atoms with Gasteiger partial charge >= 0.3 is 0 Å². The highest BCUT2D eigenvalue weighted by atomic mass is 16.6. The van der Waals surface area contributed by atoms with Gasteiger partial charge in [0, 0.05) is 30.8 Å². The Morgan fingerprint density at radius 2 is 1.72 bits per heavy atom. The van der Waals surface area contributed by atoms with Crippen LogP contribution < -0.4 is 0 Å². The maximum atomic E-state index is 12.1. The van der Waals surface area contributed by atoms with Gasteiger partial charge in [-0.05, 0) is 12.1 Å². The Balaban J connectivity index is 2.90. The molecule has 1 rings (SSSR count). The smallest absolute Gasteiger partial charge is 0.269 e. The van der Waals surface area contributed by atoms with Crippen LogP contribution in [0.1, 0.15) is 10.4 Å². The topological polar surface area (TPSA) is 63.5 Å². The number of non-ortho nitro benzene ring substituents is 1. The summed E-state index contributed by atoms with van der Waals surface area (Å²) in [4.78, 5) is 23.6. The maximum Gasteiger partial charge on any atom is 0.269 e. The molecule has 0 heterocycles. The number of rotatable bonds is 6. The van der Waals surface area contributed by atoms with Crippen molar-refractivity contribution in [1.82, 2.24) is 4.90 Å². The Morgan fingerprint density at radius 1 is 1.22 bits per heavy atom. The van der Waals surface area contributed by atoms with E-state index >= 15 is 0 Å². The summed E-state index contributed by atoms with van der Waals surface area (Å²) in [6.45, 7) is 7.97. The summed E-state index contributed by atoms with van der Waals surface area (Å²) in [7, 11) is 0. The molecule has 0 bridgehead atoms. The molecule has 0 atom stereocenters. The van der Waals surface area contributed by atoms with E-state index in [-0.39, 0.29) is 11.6 Å². The molecule has 0 aromatic heterocycles. The molecular formula is C13H14N2O3. The summed E-state index contributed by atoms with van der Waals surface area (Å²) in [5, 5.41) is 10.5. The monoisotopic (exact) mass is 246 g/mol. The molecule has 18 heavy (non-hydrogen) atoms. The zero-order chi connectivity index (χ0) is 13.5. The molecule has 0 radical (unpaired) electrons. The van der Waals surface area contributed by atoms with Gasteiger partial charge < -0.3 is 4.90 Å². The Morgan fingerprint density at radius 3 is 2.11 bits per heavy atom. The van der Waals surface area contributed by atoms with Crippen molar-refractivity contribution in [2.75, 3.05) is 13.1 Å². The highest BCUT2D eigenvalue weighted by Gasteiger charge is 2.14. The van der Waals surface area contributed by atoms with Crippen molar-refractivity contribution in [2.45, 2.75) is 0 Å². The van der Waals surface area contributed by atoms with Gasteiger partial charge in [0.05, 0.1) is 4.92 Å². The molecule has 1 aromatic rings. The number of carbonyl (C=O) groups excluding carboxylic acids is 1. The van der Waals surface area contributed by atoms with Crippen molar-refractivity contribution < 1.29 is 9.72 Å². The largest absolute Gasteiger partial charge is 0.331 e. The zero-order valence-electron chi connectivity index (χ0n) is 9.91. The molecule has 94 valence electrons. The maximum absolute atomic E-state index is 12.1. The molecule has 0 aliphatic rings. The number of nitro benzene ring substituents is 1. The van der Waals surface area contributed by atoms with Crippen LogP contribution in [0.2, 0.25) is 0 Å². The van der Waals surface area contributed by atoms with Crippen molar-refractivity contribution in [3.05, 3.63) is 65.3 Å². The van der Waals surface area contributed by atoms with Crippen LogP contribution in [0.5, 0.6) is 0 Å². The summed E-state index contributed by atoms with van der Waals surface area (Å²) in [6.07, 6.45) is 3.24. The quantitative estimate of drug-likeness (QED) is 0.440. The Hall–Kier alpha value is -2.43. The van der Waals surface area contributed by atoms with E-state index in [9.17, 15) is 14.9 Å². The molecule has 0 saturated heterocycles. The van der Waals surface area contributed by atoms with Gasteiger partial charge in [0.1, 0.15) is 0 Å². The number of benzene rings is 1. The summed E-state index contributed by atoms with van der Waals surface area (Å²) in [6, 6.07) is 5.51. The number of amides is 1. The lowest BCUT2D eigenvalue weighted by Crippen LogP contribution is -2.31. The summed E-state index contributed by atoms with van der Waals surface area (Å²) >= 11 is 0. The van der Waals surface area contributed by atoms with E-state index in [1.165, 1.54) is 24.3 Å². The third kappa shape index (κ3) is 3.28. The van der Waals surface area contributed by atoms with Gasteiger partial charge in [-0.25, -0.2) is 0 Å². The van der Waals surface area contributed by atoms with E-state index in [1.807, 2.05) is 0 Å². The number of hydrogen-bond donors (Lipinski definition) is 0. The fourth-order valence-electron chi connectivity index (χ4n) is 1.46. The van der Waals surface area contributed by atoms with Crippen molar-refractivity contribution in [1.29, 1.82) is 0 Å². The molecule has 1 aromatic carbocycles. The fourth-order valence-corrected chi connectivity index (χ4v) is 1.46. The number of nitrogens with zero attached hydrogens (tertiary/aromatic N) is 2. The number of hydrogen-bond acceptors (Lipinski definition) is 3. The van der Waals surface area contributed by atoms with Crippen LogP contribution in [0, 0.1) is 10.1 Å². The van der Waals surface area contributed by atoms with Crippen molar-refractivity contribution in [2.24, 2.45) is 0 Å². The van der Waals surface area contributed by atoms with E-state index in [0.29, 0.717) is 18.7 Å². The predicted octanol–water partition coefficient (Wildman–Crippen LogP) is 2.41. The van der Waals surface area contributed by atoms with Gasteiger partial charge in [-0.2, -0.15) is 0 Å². The lowest BCUT2D eigenvalue weighted by Gasteiger charge is -2.19. The predicted molar refractivity (Wildman–Crippen MR) is 69.4 cm³/mol. The van der Waals surface area contributed by atoms with Gasteiger partial charge in [0.15, 0.2) is 0 Å². The van der Waals surface area contributed by atoms with E-state index in [4.69, 9.17) is 0 Å². The zero-order valence-corrected chi connectivity index (χ0v) is 9.91. The minimum Gasteiger partial charge on any atom is -0.331 e. The molecule has 0 N–H and O–H groups in total. The average Bonchev–Trinajstić information content (AvgIpc) is 2.38. The second-order valence-corrected chi connectivity index (χ2v) is 3.59. The molecule has 0 fully saturated rings. The van der Waals surface area contributed by atoms with Crippen LogP contribution in [-0.4, -0.2) is 28.8 Å². The molecule has 0 aliphatic heterocycles. The first-order valence-electron chi connectivity index (χ1n) is 5.35. The Bertz CT molecular complexity index is 456. The standard InChI is InChI=1S/C13H14N2O3/c1-3-9-14(10-4-2)13(16)11-5-7-12(8-6-11)15(17)18/h3-8H,1-2,9-10H2. The van der Waals surface area contributed by atoms with Crippen molar-refractivity contribution in [3.8, 4) is 0 Å². The van der Waals surface area contributed by atoms with Crippen molar-refractivity contribution >= 4 is 11.6 Å². The molecule has 0 saturated carbocycles. The lowest BCUT2D eigenvalue weighted by atomic mass is 10.2. The van der Waals surface area contributed by atoms with Crippen LogP contribution in [0.25, 0.3) is 0 Å². The van der Waals surface area contributed by atoms with E-state index < -0.39 is 4.92 Å². The van der Waals surface area contributed by atoms with E-state index in [1.54, 1.807) is 17.1 Å². The van der Waals surface area contributed by atoms with Gasteiger partial charge in [0.2, 0.25) is 0 Å². The van der Waals surface area contributed by atoms with Crippen LogP contribution in [0.3, 0.4) is 0 Å². The fraction of sp³-hybridized carbons (Fsp3) is 0.154. The average molecular weight is 246 g/mol. The van der Waals surface area contributed by atoms with Crippen LogP contribution in [-0.2, 0) is 0 Å². The third-order valence-electron chi connectivity index (χ3n) is 2.31. The van der Waals surface area contributed by atoms with Gasteiger partial charge in [-0.1, -0.05) is 12.2 Å². The van der Waals surface area contributed by atoms with E-state index in [0.717, 1.165) is 0 Å². The van der Waals surface area contributed by atoms with Gasteiger partial charge in [-0.15, -0.1) is 13.2 Å². The SMILES string of the molecule is C=CCN(CC=C)C(=O)c1ccc([N+](=O)[O-])cc1. The lowest BCUT2D eigenvalue weighted by molar-refractivity contribution is -0.384.